The van der Waals surface area contributed by atoms with Crippen LogP contribution in [0.1, 0.15) is 0 Å². The first-order chi connectivity index (χ1) is 10.1. The molecular formula is C15H9F3N2S. The average Bonchev–Trinajstić information content (AvgIpc) is 2.90. The van der Waals surface area contributed by atoms with E-state index < -0.39 is 11.6 Å². The minimum atomic E-state index is -0.659. The van der Waals surface area contributed by atoms with Crippen LogP contribution in [0.4, 0.5) is 24.0 Å². The number of hydrogen-bond donors (Lipinski definition) is 1. The summed E-state index contributed by atoms with van der Waals surface area (Å²) >= 11 is 1.28. The van der Waals surface area contributed by atoms with Gasteiger partial charge in [-0.15, -0.1) is 11.3 Å². The molecule has 0 fully saturated rings. The number of thiazole rings is 1. The maximum Gasteiger partial charge on any atom is 0.187 e. The molecule has 0 aliphatic heterocycles. The van der Waals surface area contributed by atoms with E-state index in [4.69, 9.17) is 0 Å². The second-order valence-corrected chi connectivity index (χ2v) is 5.15. The van der Waals surface area contributed by atoms with E-state index in [-0.39, 0.29) is 11.4 Å². The van der Waals surface area contributed by atoms with Crippen LogP contribution >= 0.6 is 11.3 Å². The van der Waals surface area contributed by atoms with Crippen molar-refractivity contribution in [3.8, 4) is 11.3 Å². The Morgan fingerprint density at radius 1 is 0.905 bits per heavy atom. The number of nitrogens with one attached hydrogen (secondary N) is 1. The summed E-state index contributed by atoms with van der Waals surface area (Å²) in [5.74, 6) is -1.61. The molecule has 21 heavy (non-hydrogen) atoms. The molecule has 0 radical (unpaired) electrons. The summed E-state index contributed by atoms with van der Waals surface area (Å²) in [5.41, 5.74) is 1.33. The van der Waals surface area contributed by atoms with Crippen LogP contribution < -0.4 is 5.32 Å². The predicted molar refractivity (Wildman–Crippen MR) is 77.1 cm³/mol. The molecule has 3 rings (SSSR count). The van der Waals surface area contributed by atoms with Crippen LogP contribution in [0.2, 0.25) is 0 Å². The summed E-state index contributed by atoms with van der Waals surface area (Å²) in [6.45, 7) is 0. The van der Waals surface area contributed by atoms with Gasteiger partial charge in [0.2, 0.25) is 0 Å². The Kier molecular flexibility index (Phi) is 3.62. The van der Waals surface area contributed by atoms with E-state index in [2.05, 4.69) is 10.3 Å². The van der Waals surface area contributed by atoms with Gasteiger partial charge in [0, 0.05) is 22.7 Å². The Morgan fingerprint density at radius 2 is 1.62 bits per heavy atom. The monoisotopic (exact) mass is 306 g/mol. The highest BCUT2D eigenvalue weighted by Crippen LogP contribution is 2.29. The molecule has 0 spiro atoms. The molecule has 1 aromatic heterocycles. The maximum atomic E-state index is 13.7. The fraction of sp³-hybridized carbons (Fsp3) is 0. The van der Waals surface area contributed by atoms with Crippen LogP contribution in [0.3, 0.4) is 0 Å². The zero-order chi connectivity index (χ0) is 14.8. The van der Waals surface area contributed by atoms with Crippen LogP contribution in [0.5, 0.6) is 0 Å². The van der Waals surface area contributed by atoms with Gasteiger partial charge in [-0.05, 0) is 36.4 Å². The number of anilines is 2. The van der Waals surface area contributed by atoms with Gasteiger partial charge in [0.25, 0.3) is 0 Å². The summed E-state index contributed by atoms with van der Waals surface area (Å²) < 4.78 is 39.4. The summed E-state index contributed by atoms with van der Waals surface area (Å²) in [6, 6.07) is 9.17. The fourth-order valence-corrected chi connectivity index (χ4v) is 2.54. The predicted octanol–water partition coefficient (Wildman–Crippen LogP) is 4.97. The third-order valence-electron chi connectivity index (χ3n) is 2.81. The van der Waals surface area contributed by atoms with Crippen LogP contribution in [-0.4, -0.2) is 4.98 Å². The standard InChI is InChI=1S/C15H9F3N2S/c16-9-1-4-11(5-2-9)19-15-20-14(8-21-15)12-6-3-10(17)7-13(12)18/h1-8H,(H,19,20). The third-order valence-corrected chi connectivity index (χ3v) is 3.56. The van der Waals surface area contributed by atoms with Crippen molar-refractivity contribution in [2.24, 2.45) is 0 Å². The molecule has 3 aromatic rings. The van der Waals surface area contributed by atoms with Gasteiger partial charge in [-0.3, -0.25) is 0 Å². The zero-order valence-electron chi connectivity index (χ0n) is 10.6. The normalized spacial score (nSPS) is 10.6. The van der Waals surface area contributed by atoms with Crippen LogP contribution in [-0.2, 0) is 0 Å². The van der Waals surface area contributed by atoms with Crippen LogP contribution in [0, 0.1) is 17.5 Å². The SMILES string of the molecule is Fc1ccc(Nc2nc(-c3ccc(F)cc3F)cs2)cc1. The minimum absolute atomic E-state index is 0.236. The summed E-state index contributed by atoms with van der Waals surface area (Å²) in [5, 5.41) is 5.21. The smallest absolute Gasteiger partial charge is 0.187 e. The molecule has 106 valence electrons. The van der Waals surface area contributed by atoms with Crippen molar-refractivity contribution < 1.29 is 13.2 Å². The number of nitrogens with zero attached hydrogens (tertiary/aromatic N) is 1. The Morgan fingerprint density at radius 3 is 2.33 bits per heavy atom. The lowest BCUT2D eigenvalue weighted by Crippen LogP contribution is -1.90. The highest BCUT2D eigenvalue weighted by atomic mass is 32.1. The van der Waals surface area contributed by atoms with Crippen LogP contribution in [0.25, 0.3) is 11.3 Å². The van der Waals surface area contributed by atoms with Crippen molar-refractivity contribution in [2.45, 2.75) is 0 Å². The summed E-state index contributed by atoms with van der Waals surface area (Å²) in [6.07, 6.45) is 0. The van der Waals surface area contributed by atoms with Crippen molar-refractivity contribution in [2.75, 3.05) is 5.32 Å². The van der Waals surface area contributed by atoms with E-state index in [1.165, 1.54) is 35.6 Å². The van der Waals surface area contributed by atoms with Gasteiger partial charge in [-0.25, -0.2) is 18.2 Å². The van der Waals surface area contributed by atoms with E-state index in [0.29, 0.717) is 16.5 Å². The van der Waals surface area contributed by atoms with Gasteiger partial charge in [-0.1, -0.05) is 0 Å². The molecule has 6 heteroatoms. The molecule has 0 aliphatic carbocycles. The number of hydrogen-bond acceptors (Lipinski definition) is 3. The van der Waals surface area contributed by atoms with Gasteiger partial charge >= 0.3 is 0 Å². The zero-order valence-corrected chi connectivity index (χ0v) is 11.4. The highest BCUT2D eigenvalue weighted by molar-refractivity contribution is 7.14. The number of benzene rings is 2. The fourth-order valence-electron chi connectivity index (χ4n) is 1.81. The van der Waals surface area contributed by atoms with Crippen molar-refractivity contribution >= 4 is 22.2 Å². The molecule has 0 aliphatic rings. The Balaban J connectivity index is 1.84. The largest absolute Gasteiger partial charge is 0.332 e. The van der Waals surface area contributed by atoms with Crippen molar-refractivity contribution in [1.82, 2.24) is 4.98 Å². The van der Waals surface area contributed by atoms with Gasteiger partial charge in [-0.2, -0.15) is 0 Å². The summed E-state index contributed by atoms with van der Waals surface area (Å²) in [7, 11) is 0. The quantitative estimate of drug-likeness (QED) is 0.739. The lowest BCUT2D eigenvalue weighted by molar-refractivity contribution is 0.585. The third kappa shape index (κ3) is 3.05. The Hall–Kier alpha value is -2.34. The van der Waals surface area contributed by atoms with E-state index >= 15 is 0 Å². The van der Waals surface area contributed by atoms with Gasteiger partial charge in [0.15, 0.2) is 5.13 Å². The molecule has 2 aromatic carbocycles. The molecule has 0 saturated carbocycles. The van der Waals surface area contributed by atoms with E-state index in [1.807, 2.05) is 0 Å². The molecule has 0 bridgehead atoms. The number of halogens is 3. The van der Waals surface area contributed by atoms with Gasteiger partial charge < -0.3 is 5.32 Å². The molecule has 0 saturated heterocycles. The van der Waals surface area contributed by atoms with Crippen molar-refractivity contribution in [1.29, 1.82) is 0 Å². The first-order valence-corrected chi connectivity index (χ1v) is 6.93. The second-order valence-electron chi connectivity index (χ2n) is 4.29. The molecule has 2 nitrogen and oxygen atoms in total. The first kappa shape index (κ1) is 13.6. The van der Waals surface area contributed by atoms with E-state index in [1.54, 1.807) is 17.5 Å². The molecule has 0 atom stereocenters. The van der Waals surface area contributed by atoms with Gasteiger partial charge in [0.1, 0.15) is 17.5 Å². The van der Waals surface area contributed by atoms with Crippen molar-refractivity contribution in [3.05, 3.63) is 65.3 Å². The molecule has 0 unspecified atom stereocenters. The first-order valence-electron chi connectivity index (χ1n) is 6.05. The molecule has 1 heterocycles. The number of aromatic nitrogens is 1. The summed E-state index contributed by atoms with van der Waals surface area (Å²) in [4.78, 5) is 4.24. The maximum absolute atomic E-state index is 13.7. The van der Waals surface area contributed by atoms with Crippen LogP contribution in [0.15, 0.2) is 47.8 Å². The van der Waals surface area contributed by atoms with Crippen molar-refractivity contribution in [3.63, 3.8) is 0 Å². The Labute approximate surface area is 122 Å². The Bertz CT molecular complexity index is 769. The second kappa shape index (κ2) is 5.57. The van der Waals surface area contributed by atoms with E-state index in [9.17, 15) is 13.2 Å². The topological polar surface area (TPSA) is 24.9 Å². The lowest BCUT2D eigenvalue weighted by atomic mass is 10.1. The molecule has 0 amide bonds. The lowest BCUT2D eigenvalue weighted by Gasteiger charge is -2.02. The average molecular weight is 306 g/mol. The molecular weight excluding hydrogens is 297 g/mol. The molecule has 1 N–H and O–H groups in total. The minimum Gasteiger partial charge on any atom is -0.332 e. The number of rotatable bonds is 3. The van der Waals surface area contributed by atoms with Gasteiger partial charge in [0.05, 0.1) is 5.69 Å². The highest BCUT2D eigenvalue weighted by Gasteiger charge is 2.10. The van der Waals surface area contributed by atoms with E-state index in [0.717, 1.165) is 6.07 Å².